The standard InChI is InChI=1S/C9H19NO2/c1-9(2)11-7-8(12-9)5-3-4-6-10/h8H,3-7,10H2,1-2H3. The second-order valence-electron chi connectivity index (χ2n) is 3.74. The maximum atomic E-state index is 5.63. The smallest absolute Gasteiger partial charge is 0.163 e. The molecule has 1 atom stereocenters. The molecule has 2 N–H and O–H groups in total. The highest BCUT2D eigenvalue weighted by atomic mass is 16.7. The van der Waals surface area contributed by atoms with Gasteiger partial charge in [-0.25, -0.2) is 0 Å². The Hall–Kier alpha value is -0.120. The van der Waals surface area contributed by atoms with Crippen molar-refractivity contribution in [1.82, 2.24) is 0 Å². The lowest BCUT2D eigenvalue weighted by molar-refractivity contribution is -0.139. The normalized spacial score (nSPS) is 27.8. The van der Waals surface area contributed by atoms with Crippen molar-refractivity contribution in [3.05, 3.63) is 0 Å². The molecule has 0 bridgehead atoms. The average molecular weight is 173 g/mol. The summed E-state index contributed by atoms with van der Waals surface area (Å²) in [6.45, 7) is 5.42. The summed E-state index contributed by atoms with van der Waals surface area (Å²) in [4.78, 5) is 0. The zero-order valence-corrected chi connectivity index (χ0v) is 8.01. The van der Waals surface area contributed by atoms with Gasteiger partial charge in [0.1, 0.15) is 0 Å². The summed E-state index contributed by atoms with van der Waals surface area (Å²) in [6.07, 6.45) is 3.58. The van der Waals surface area contributed by atoms with Gasteiger partial charge in [0.2, 0.25) is 0 Å². The number of hydrogen-bond acceptors (Lipinski definition) is 3. The third-order valence-electron chi connectivity index (χ3n) is 2.05. The van der Waals surface area contributed by atoms with Crippen molar-refractivity contribution in [2.24, 2.45) is 5.73 Å². The van der Waals surface area contributed by atoms with Crippen molar-refractivity contribution in [3.8, 4) is 0 Å². The van der Waals surface area contributed by atoms with E-state index in [9.17, 15) is 0 Å². The molecule has 0 aromatic heterocycles. The van der Waals surface area contributed by atoms with Crippen LogP contribution in [0.1, 0.15) is 33.1 Å². The van der Waals surface area contributed by atoms with Crippen molar-refractivity contribution in [2.45, 2.75) is 45.0 Å². The fourth-order valence-corrected chi connectivity index (χ4v) is 1.42. The molecule has 12 heavy (non-hydrogen) atoms. The van der Waals surface area contributed by atoms with Gasteiger partial charge in [0.25, 0.3) is 0 Å². The van der Waals surface area contributed by atoms with Gasteiger partial charge in [-0.05, 0) is 39.7 Å². The summed E-state index contributed by atoms with van der Waals surface area (Å²) in [5, 5.41) is 0. The zero-order valence-electron chi connectivity index (χ0n) is 8.01. The van der Waals surface area contributed by atoms with E-state index in [1.165, 1.54) is 0 Å². The second-order valence-corrected chi connectivity index (χ2v) is 3.74. The van der Waals surface area contributed by atoms with Crippen molar-refractivity contribution in [2.75, 3.05) is 13.2 Å². The molecule has 1 fully saturated rings. The zero-order chi connectivity index (χ0) is 9.03. The quantitative estimate of drug-likeness (QED) is 0.651. The first-order valence-corrected chi connectivity index (χ1v) is 4.66. The third kappa shape index (κ3) is 3.09. The highest BCUT2D eigenvalue weighted by Gasteiger charge is 2.31. The molecule has 0 aliphatic carbocycles. The van der Waals surface area contributed by atoms with Crippen molar-refractivity contribution in [1.29, 1.82) is 0 Å². The highest BCUT2D eigenvalue weighted by molar-refractivity contribution is 4.70. The number of unbranched alkanes of at least 4 members (excludes halogenated alkanes) is 1. The SMILES string of the molecule is CC1(C)OCC(CCCCN)O1. The van der Waals surface area contributed by atoms with E-state index in [0.717, 1.165) is 32.4 Å². The van der Waals surface area contributed by atoms with Crippen LogP contribution in [-0.4, -0.2) is 25.0 Å². The van der Waals surface area contributed by atoms with Crippen LogP contribution in [0.5, 0.6) is 0 Å². The third-order valence-corrected chi connectivity index (χ3v) is 2.05. The average Bonchev–Trinajstić information content (AvgIpc) is 2.31. The van der Waals surface area contributed by atoms with E-state index in [-0.39, 0.29) is 11.9 Å². The molecule has 1 rings (SSSR count). The van der Waals surface area contributed by atoms with E-state index in [0.29, 0.717) is 0 Å². The predicted molar refractivity (Wildman–Crippen MR) is 47.8 cm³/mol. The first-order valence-electron chi connectivity index (χ1n) is 4.66. The molecule has 0 spiro atoms. The van der Waals surface area contributed by atoms with Gasteiger partial charge in [0, 0.05) is 0 Å². The molecule has 3 nitrogen and oxygen atoms in total. The van der Waals surface area contributed by atoms with Gasteiger partial charge >= 0.3 is 0 Å². The Bertz CT molecular complexity index is 136. The number of hydrogen-bond donors (Lipinski definition) is 1. The lowest BCUT2D eigenvalue weighted by Crippen LogP contribution is -2.21. The van der Waals surface area contributed by atoms with Gasteiger partial charge in [-0.2, -0.15) is 0 Å². The Labute approximate surface area is 74.2 Å². The van der Waals surface area contributed by atoms with Crippen molar-refractivity contribution in [3.63, 3.8) is 0 Å². The minimum atomic E-state index is -0.368. The molecule has 0 aromatic carbocycles. The van der Waals surface area contributed by atoms with Crippen LogP contribution in [0.25, 0.3) is 0 Å². The molecule has 1 heterocycles. The van der Waals surface area contributed by atoms with E-state index < -0.39 is 0 Å². The Morgan fingerprint density at radius 2 is 2.17 bits per heavy atom. The summed E-state index contributed by atoms with van der Waals surface area (Å²) in [7, 11) is 0. The van der Waals surface area contributed by atoms with E-state index in [1.54, 1.807) is 0 Å². The summed E-state index contributed by atoms with van der Waals surface area (Å²) in [5.74, 6) is -0.368. The van der Waals surface area contributed by atoms with Gasteiger partial charge in [-0.1, -0.05) is 0 Å². The molecular weight excluding hydrogens is 154 g/mol. The lowest BCUT2D eigenvalue weighted by Gasteiger charge is -2.16. The minimum absolute atomic E-state index is 0.284. The number of rotatable bonds is 4. The fraction of sp³-hybridized carbons (Fsp3) is 1.00. The van der Waals surface area contributed by atoms with Crippen molar-refractivity contribution >= 4 is 0 Å². The van der Waals surface area contributed by atoms with E-state index >= 15 is 0 Å². The molecule has 0 saturated carbocycles. The Morgan fingerprint density at radius 1 is 1.42 bits per heavy atom. The molecule has 1 aliphatic heterocycles. The maximum absolute atomic E-state index is 5.63. The molecule has 3 heteroatoms. The first kappa shape index (κ1) is 9.96. The Morgan fingerprint density at radius 3 is 2.67 bits per heavy atom. The van der Waals surface area contributed by atoms with Gasteiger partial charge in [0.05, 0.1) is 12.7 Å². The van der Waals surface area contributed by atoms with Gasteiger partial charge in [0.15, 0.2) is 5.79 Å². The molecule has 0 aromatic rings. The van der Waals surface area contributed by atoms with E-state index in [4.69, 9.17) is 15.2 Å². The maximum Gasteiger partial charge on any atom is 0.163 e. The summed E-state index contributed by atoms with van der Waals surface area (Å²) < 4.78 is 11.1. The van der Waals surface area contributed by atoms with Crippen LogP contribution in [0, 0.1) is 0 Å². The molecule has 0 amide bonds. The number of ether oxygens (including phenoxy) is 2. The predicted octanol–water partition coefficient (Wildman–Crippen LogP) is 1.27. The second kappa shape index (κ2) is 4.21. The highest BCUT2D eigenvalue weighted by Crippen LogP contribution is 2.24. The fourth-order valence-electron chi connectivity index (χ4n) is 1.42. The molecule has 72 valence electrons. The topological polar surface area (TPSA) is 44.5 Å². The first-order chi connectivity index (χ1) is 5.64. The van der Waals surface area contributed by atoms with Gasteiger partial charge < -0.3 is 15.2 Å². The van der Waals surface area contributed by atoms with Crippen LogP contribution in [0.4, 0.5) is 0 Å². The molecule has 1 unspecified atom stereocenters. The van der Waals surface area contributed by atoms with Crippen molar-refractivity contribution < 1.29 is 9.47 Å². The molecule has 1 aliphatic rings. The van der Waals surface area contributed by atoms with Crippen LogP contribution in [0.2, 0.25) is 0 Å². The Balaban J connectivity index is 2.11. The molecule has 1 saturated heterocycles. The van der Waals surface area contributed by atoms with Crippen LogP contribution in [-0.2, 0) is 9.47 Å². The monoisotopic (exact) mass is 173 g/mol. The van der Waals surface area contributed by atoms with E-state index in [1.807, 2.05) is 13.8 Å². The van der Waals surface area contributed by atoms with Gasteiger partial charge in [-0.15, -0.1) is 0 Å². The summed E-state index contributed by atoms with van der Waals surface area (Å²) in [5.41, 5.74) is 5.39. The summed E-state index contributed by atoms with van der Waals surface area (Å²) >= 11 is 0. The lowest BCUT2D eigenvalue weighted by atomic mass is 10.1. The largest absolute Gasteiger partial charge is 0.348 e. The summed E-state index contributed by atoms with van der Waals surface area (Å²) in [6, 6.07) is 0. The van der Waals surface area contributed by atoms with Crippen LogP contribution in [0.3, 0.4) is 0 Å². The number of nitrogens with two attached hydrogens (primary N) is 1. The van der Waals surface area contributed by atoms with E-state index in [2.05, 4.69) is 0 Å². The molecular formula is C9H19NO2. The van der Waals surface area contributed by atoms with Crippen LogP contribution >= 0.6 is 0 Å². The van der Waals surface area contributed by atoms with Gasteiger partial charge in [-0.3, -0.25) is 0 Å². The minimum Gasteiger partial charge on any atom is -0.348 e. The molecule has 0 radical (unpaired) electrons. The Kier molecular flexibility index (Phi) is 3.50. The van der Waals surface area contributed by atoms with Crippen LogP contribution < -0.4 is 5.73 Å². The van der Waals surface area contributed by atoms with Crippen LogP contribution in [0.15, 0.2) is 0 Å².